The Labute approximate surface area is 213 Å². The first-order chi connectivity index (χ1) is 17.4. The zero-order valence-corrected chi connectivity index (χ0v) is 19.9. The van der Waals surface area contributed by atoms with Crippen LogP contribution in [-0.2, 0) is 11.3 Å². The summed E-state index contributed by atoms with van der Waals surface area (Å²) in [6.07, 6.45) is -6.82. The van der Waals surface area contributed by atoms with E-state index < -0.39 is 36.8 Å². The average Bonchev–Trinajstić information content (AvgIpc) is 3.16. The number of imidazole rings is 1. The van der Waals surface area contributed by atoms with Gasteiger partial charge in [0.15, 0.2) is 11.5 Å². The quantitative estimate of drug-likeness (QED) is 0.441. The van der Waals surface area contributed by atoms with E-state index >= 15 is 0 Å². The molecule has 14 heteroatoms. The molecule has 196 valence electrons. The number of aliphatic hydroxyl groups is 1. The van der Waals surface area contributed by atoms with Crippen LogP contribution in [0.5, 0.6) is 17.5 Å². The molecule has 4 rings (SSSR count). The topological polar surface area (TPSA) is 117 Å². The molecule has 1 aliphatic heterocycles. The maximum Gasteiger partial charge on any atom is 0.573 e. The zero-order chi connectivity index (χ0) is 26.9. The Morgan fingerprint density at radius 2 is 1.84 bits per heavy atom. The summed E-state index contributed by atoms with van der Waals surface area (Å²) < 4.78 is 49.1. The van der Waals surface area contributed by atoms with Gasteiger partial charge in [0.05, 0.1) is 13.0 Å². The molecule has 37 heavy (non-hydrogen) atoms. The van der Waals surface area contributed by atoms with Crippen molar-refractivity contribution in [2.24, 2.45) is 0 Å². The lowest BCUT2D eigenvalue weighted by atomic mass is 10.2. The van der Waals surface area contributed by atoms with Crippen LogP contribution in [0, 0.1) is 0 Å². The predicted octanol–water partition coefficient (Wildman–Crippen LogP) is 3.92. The Kier molecular flexibility index (Phi) is 7.18. The third kappa shape index (κ3) is 5.89. The maximum absolute atomic E-state index is 13.4. The van der Waals surface area contributed by atoms with E-state index in [1.165, 1.54) is 28.6 Å². The van der Waals surface area contributed by atoms with E-state index in [0.29, 0.717) is 10.6 Å². The van der Waals surface area contributed by atoms with E-state index in [0.717, 1.165) is 17.0 Å². The van der Waals surface area contributed by atoms with Crippen molar-refractivity contribution in [1.29, 1.82) is 0 Å². The monoisotopic (exact) mass is 540 g/mol. The highest BCUT2D eigenvalue weighted by Crippen LogP contribution is 2.36. The first kappa shape index (κ1) is 26.1. The van der Waals surface area contributed by atoms with Crippen LogP contribution in [0.1, 0.15) is 22.5 Å². The number of benzene rings is 2. The van der Waals surface area contributed by atoms with Gasteiger partial charge in [-0.3, -0.25) is 19.1 Å². The Morgan fingerprint density at radius 1 is 1.16 bits per heavy atom. The Bertz CT molecular complexity index is 1310. The number of aromatic nitrogens is 2. The van der Waals surface area contributed by atoms with Crippen LogP contribution in [0.25, 0.3) is 0 Å². The molecule has 0 aliphatic carbocycles. The summed E-state index contributed by atoms with van der Waals surface area (Å²) in [5.74, 6) is -2.40. The summed E-state index contributed by atoms with van der Waals surface area (Å²) in [6.45, 7) is -0.242. The molecule has 3 aromatic rings. The van der Waals surface area contributed by atoms with Crippen LogP contribution in [0.15, 0.2) is 48.5 Å². The van der Waals surface area contributed by atoms with Crippen molar-refractivity contribution in [3.63, 3.8) is 0 Å². The fraction of sp³-hybridized carbons (Fsp3) is 0.261. The van der Waals surface area contributed by atoms with E-state index in [1.807, 2.05) is 0 Å². The second-order valence-corrected chi connectivity index (χ2v) is 8.44. The van der Waals surface area contributed by atoms with E-state index in [4.69, 9.17) is 21.4 Å². The number of hydrogen-bond donors (Lipinski definition) is 2. The maximum atomic E-state index is 13.4. The number of carboxylic acid groups (broad SMARTS) is 1. The number of amides is 1. The summed E-state index contributed by atoms with van der Waals surface area (Å²) in [6, 6.07) is 11.3. The van der Waals surface area contributed by atoms with Gasteiger partial charge in [0.2, 0.25) is 6.35 Å². The van der Waals surface area contributed by atoms with Gasteiger partial charge in [-0.2, -0.15) is 4.98 Å². The van der Waals surface area contributed by atoms with Crippen LogP contribution in [0.3, 0.4) is 0 Å². The van der Waals surface area contributed by atoms with Crippen molar-refractivity contribution in [1.82, 2.24) is 14.5 Å². The summed E-state index contributed by atoms with van der Waals surface area (Å²) in [5.41, 5.74) is 0.674. The number of aliphatic carboxylic acids is 1. The highest BCUT2D eigenvalue weighted by molar-refractivity contribution is 6.30. The van der Waals surface area contributed by atoms with Gasteiger partial charge in [-0.15, -0.1) is 13.2 Å². The number of anilines is 1. The lowest BCUT2D eigenvalue weighted by Gasteiger charge is -2.38. The third-order valence-corrected chi connectivity index (χ3v) is 5.66. The van der Waals surface area contributed by atoms with Crippen LogP contribution in [-0.4, -0.2) is 62.8 Å². The number of carbonyl (C=O) groups excluding carboxylic acids is 1. The van der Waals surface area contributed by atoms with Crippen LogP contribution in [0.2, 0.25) is 5.02 Å². The van der Waals surface area contributed by atoms with Crippen molar-refractivity contribution in [2.45, 2.75) is 25.7 Å². The summed E-state index contributed by atoms with van der Waals surface area (Å²) in [4.78, 5) is 31.0. The van der Waals surface area contributed by atoms with Crippen LogP contribution >= 0.6 is 11.6 Å². The smallest absolute Gasteiger partial charge is 0.481 e. The van der Waals surface area contributed by atoms with Crippen molar-refractivity contribution < 1.29 is 42.4 Å². The number of nitrogens with zero attached hydrogens (tertiary/aromatic N) is 4. The molecule has 1 unspecified atom stereocenters. The van der Waals surface area contributed by atoms with Gasteiger partial charge in [-0.05, 0) is 29.8 Å². The Hall–Kier alpha value is -3.97. The fourth-order valence-electron chi connectivity index (χ4n) is 3.71. The SMILES string of the molecule is CN1c2nc(Oc3cccc(OC(F)(F)F)c3)n(Cc3ccc(Cl)cc3)c2C(=O)N(CCC(=O)O)C1O. The van der Waals surface area contributed by atoms with E-state index in [2.05, 4.69) is 9.72 Å². The summed E-state index contributed by atoms with van der Waals surface area (Å²) >= 11 is 5.97. The van der Waals surface area contributed by atoms with Gasteiger partial charge in [0, 0.05) is 24.7 Å². The molecule has 0 fully saturated rings. The van der Waals surface area contributed by atoms with E-state index in [9.17, 15) is 27.9 Å². The van der Waals surface area contributed by atoms with Gasteiger partial charge < -0.3 is 24.6 Å². The lowest BCUT2D eigenvalue weighted by Crippen LogP contribution is -2.54. The number of aliphatic hydroxyl groups excluding tert-OH is 1. The standard InChI is InChI=1S/C23H20ClF3N4O6/c1-29-19-18(20(34)30(22(29)35)10-9-17(32)33)31(12-13-5-7-14(24)8-6-13)21(28-19)36-15-3-2-4-16(11-15)37-23(25,26)27/h2-8,11,22,35H,9-10,12H2,1H3,(H,32,33). The number of hydrogen-bond acceptors (Lipinski definition) is 7. The normalized spacial score (nSPS) is 15.5. The van der Waals surface area contributed by atoms with Crippen LogP contribution in [0.4, 0.5) is 19.0 Å². The number of carbonyl (C=O) groups is 2. The number of alkyl halides is 3. The Morgan fingerprint density at radius 3 is 2.49 bits per heavy atom. The second-order valence-electron chi connectivity index (χ2n) is 8.00. The fourth-order valence-corrected chi connectivity index (χ4v) is 3.83. The minimum absolute atomic E-state index is 0.00849. The van der Waals surface area contributed by atoms with E-state index in [1.54, 1.807) is 24.3 Å². The zero-order valence-electron chi connectivity index (χ0n) is 19.1. The number of fused-ring (bicyclic) bond motifs is 1. The van der Waals surface area contributed by atoms with Crippen LogP contribution < -0.4 is 14.4 Å². The molecule has 2 aromatic carbocycles. The molecular weight excluding hydrogens is 521 g/mol. The molecule has 0 saturated carbocycles. The molecule has 10 nitrogen and oxygen atoms in total. The molecule has 0 spiro atoms. The molecule has 0 bridgehead atoms. The predicted molar refractivity (Wildman–Crippen MR) is 124 cm³/mol. The second kappa shape index (κ2) is 10.2. The molecule has 2 heterocycles. The minimum Gasteiger partial charge on any atom is -0.481 e. The largest absolute Gasteiger partial charge is 0.573 e. The number of halogens is 4. The number of rotatable bonds is 8. The van der Waals surface area contributed by atoms with Crippen molar-refractivity contribution in [2.75, 3.05) is 18.5 Å². The summed E-state index contributed by atoms with van der Waals surface area (Å²) in [7, 11) is 1.45. The van der Waals surface area contributed by atoms with Gasteiger partial charge in [-0.25, -0.2) is 0 Å². The van der Waals surface area contributed by atoms with Crippen molar-refractivity contribution in [3.8, 4) is 17.5 Å². The van der Waals surface area contributed by atoms with Crippen molar-refractivity contribution in [3.05, 3.63) is 64.8 Å². The third-order valence-electron chi connectivity index (χ3n) is 5.41. The molecule has 1 amide bonds. The minimum atomic E-state index is -4.91. The van der Waals surface area contributed by atoms with Gasteiger partial charge in [0.1, 0.15) is 11.5 Å². The molecule has 1 aromatic heterocycles. The highest BCUT2D eigenvalue weighted by atomic mass is 35.5. The summed E-state index contributed by atoms with van der Waals surface area (Å²) in [5, 5.41) is 20.2. The molecular formula is C23H20ClF3N4O6. The molecule has 2 N–H and O–H groups in total. The first-order valence-corrected chi connectivity index (χ1v) is 11.1. The average molecular weight is 541 g/mol. The highest BCUT2D eigenvalue weighted by Gasteiger charge is 2.40. The molecule has 1 aliphatic rings. The van der Waals surface area contributed by atoms with Gasteiger partial charge in [-0.1, -0.05) is 29.8 Å². The molecule has 1 atom stereocenters. The number of ether oxygens (including phenoxy) is 2. The van der Waals surface area contributed by atoms with Gasteiger partial charge in [0.25, 0.3) is 5.91 Å². The van der Waals surface area contributed by atoms with Gasteiger partial charge >= 0.3 is 18.3 Å². The Balaban J connectivity index is 1.76. The van der Waals surface area contributed by atoms with Crippen molar-refractivity contribution >= 4 is 29.3 Å². The molecule has 0 saturated heterocycles. The lowest BCUT2D eigenvalue weighted by molar-refractivity contribution is -0.274. The van der Waals surface area contributed by atoms with E-state index in [-0.39, 0.29) is 36.4 Å². The first-order valence-electron chi connectivity index (χ1n) is 10.8. The number of carboxylic acids is 1. The molecule has 0 radical (unpaired) electrons.